The summed E-state index contributed by atoms with van der Waals surface area (Å²) >= 11 is 0. The topological polar surface area (TPSA) is 16.4 Å². The molecule has 1 aliphatic carbocycles. The van der Waals surface area contributed by atoms with Crippen molar-refractivity contribution >= 4 is 60.5 Å². The van der Waals surface area contributed by atoms with Gasteiger partial charge in [-0.1, -0.05) is 147 Å². The van der Waals surface area contributed by atoms with E-state index in [1.54, 1.807) is 0 Å². The second kappa shape index (κ2) is 10.4. The predicted molar refractivity (Wildman–Crippen MR) is 206 cm³/mol. The zero-order valence-corrected chi connectivity index (χ0v) is 27.4. The fraction of sp³-hybridized carbons (Fsp3) is 0.0638. The zero-order valence-electron chi connectivity index (χ0n) is 27.4. The summed E-state index contributed by atoms with van der Waals surface area (Å²) in [6.07, 6.45) is 0. The van der Waals surface area contributed by atoms with Crippen LogP contribution >= 0.6 is 0 Å². The van der Waals surface area contributed by atoms with E-state index in [-0.39, 0.29) is 5.41 Å². The summed E-state index contributed by atoms with van der Waals surface area (Å²) in [6, 6.07) is 59.4. The van der Waals surface area contributed by atoms with Crippen molar-refractivity contribution in [1.82, 2.24) is 0 Å². The summed E-state index contributed by atoms with van der Waals surface area (Å²) < 4.78 is 6.73. The highest BCUT2D eigenvalue weighted by Gasteiger charge is 2.37. The Kier molecular flexibility index (Phi) is 5.95. The molecule has 1 aliphatic rings. The van der Waals surface area contributed by atoms with Crippen molar-refractivity contribution in [3.8, 4) is 22.3 Å². The van der Waals surface area contributed by atoms with Gasteiger partial charge in [0, 0.05) is 27.1 Å². The van der Waals surface area contributed by atoms with Crippen LogP contribution in [0.3, 0.4) is 0 Å². The Bertz CT molecular complexity index is 2760. The highest BCUT2D eigenvalue weighted by Crippen LogP contribution is 2.54. The average molecular weight is 628 g/mol. The Labute approximate surface area is 285 Å². The van der Waals surface area contributed by atoms with Crippen LogP contribution in [-0.2, 0) is 5.41 Å². The first-order valence-electron chi connectivity index (χ1n) is 17.0. The van der Waals surface area contributed by atoms with E-state index in [9.17, 15) is 0 Å². The van der Waals surface area contributed by atoms with E-state index in [1.165, 1.54) is 49.5 Å². The van der Waals surface area contributed by atoms with Crippen molar-refractivity contribution in [1.29, 1.82) is 0 Å². The Hall–Kier alpha value is -6.12. The number of rotatable bonds is 4. The van der Waals surface area contributed by atoms with E-state index in [1.807, 2.05) is 0 Å². The number of fused-ring (bicyclic) bond motifs is 9. The van der Waals surface area contributed by atoms with Crippen LogP contribution in [0.15, 0.2) is 168 Å². The van der Waals surface area contributed by atoms with Crippen molar-refractivity contribution in [2.24, 2.45) is 0 Å². The summed E-state index contributed by atoms with van der Waals surface area (Å²) in [7, 11) is 0. The number of furan rings is 1. The Balaban J connectivity index is 1.31. The molecule has 0 saturated heterocycles. The van der Waals surface area contributed by atoms with Crippen LogP contribution in [0.5, 0.6) is 0 Å². The maximum Gasteiger partial charge on any atom is 0.143 e. The lowest BCUT2D eigenvalue weighted by molar-refractivity contribution is 0.660. The van der Waals surface area contributed by atoms with Crippen LogP contribution in [0.4, 0.5) is 17.1 Å². The lowest BCUT2D eigenvalue weighted by Crippen LogP contribution is -2.15. The molecule has 0 unspecified atom stereocenters. The molecule has 232 valence electrons. The molecule has 0 bridgehead atoms. The van der Waals surface area contributed by atoms with Gasteiger partial charge in [-0.25, -0.2) is 0 Å². The van der Waals surface area contributed by atoms with E-state index in [0.717, 1.165) is 44.4 Å². The third-order valence-electron chi connectivity index (χ3n) is 10.7. The SMILES string of the molecule is CC1(C)c2ccccc2-c2c(-c3ccccc3N(c3cccc4ccccc34)c3cccc4oc5c6ccccc6ccc5c34)cccc21. The largest absolute Gasteiger partial charge is 0.455 e. The second-order valence-electron chi connectivity index (χ2n) is 13.7. The molecule has 8 aromatic carbocycles. The molecule has 9 aromatic rings. The second-order valence-corrected chi connectivity index (χ2v) is 13.7. The molecule has 0 spiro atoms. The number of hydrogen-bond acceptors (Lipinski definition) is 2. The monoisotopic (exact) mass is 627 g/mol. The molecule has 10 rings (SSSR count). The van der Waals surface area contributed by atoms with Crippen LogP contribution < -0.4 is 4.90 Å². The first-order valence-corrected chi connectivity index (χ1v) is 17.0. The van der Waals surface area contributed by atoms with Gasteiger partial charge in [0.05, 0.1) is 22.4 Å². The average Bonchev–Trinajstić information content (AvgIpc) is 3.65. The molecule has 0 atom stereocenters. The van der Waals surface area contributed by atoms with Gasteiger partial charge < -0.3 is 9.32 Å². The third-order valence-corrected chi connectivity index (χ3v) is 10.7. The molecule has 0 saturated carbocycles. The van der Waals surface area contributed by atoms with Crippen LogP contribution in [0, 0.1) is 0 Å². The number of hydrogen-bond donors (Lipinski definition) is 0. The quantitative estimate of drug-likeness (QED) is 0.193. The van der Waals surface area contributed by atoms with Crippen LogP contribution in [0.1, 0.15) is 25.0 Å². The smallest absolute Gasteiger partial charge is 0.143 e. The van der Waals surface area contributed by atoms with E-state index in [4.69, 9.17) is 4.42 Å². The summed E-state index contributed by atoms with van der Waals surface area (Å²) in [4.78, 5) is 2.47. The molecule has 0 amide bonds. The normalized spacial score (nSPS) is 13.3. The molecular formula is C47H33NO. The van der Waals surface area contributed by atoms with Gasteiger partial charge in [-0.15, -0.1) is 0 Å². The maximum atomic E-state index is 6.73. The first kappa shape index (κ1) is 27.9. The standard InChI is InChI=1S/C47H33NO/c1-47(2)38-22-9-7-20-36(38)44-35(21-12-23-39(44)47)34-19-8-10-24-41(34)48(40-25-11-16-30-14-3-5-17-32(30)40)42-26-13-27-43-45(42)37-29-28-31-15-4-6-18-33(31)46(37)49-43/h3-29H,1-2H3. The minimum absolute atomic E-state index is 0.0870. The van der Waals surface area contributed by atoms with Gasteiger partial charge in [0.2, 0.25) is 0 Å². The molecule has 0 fully saturated rings. The summed E-state index contributed by atoms with van der Waals surface area (Å²) in [5.74, 6) is 0. The van der Waals surface area contributed by atoms with Gasteiger partial charge in [0.1, 0.15) is 11.2 Å². The molecular weight excluding hydrogens is 595 g/mol. The summed E-state index contributed by atoms with van der Waals surface area (Å²) in [5.41, 5.74) is 12.9. The third kappa shape index (κ3) is 4.01. The van der Waals surface area contributed by atoms with Gasteiger partial charge in [-0.3, -0.25) is 0 Å². The van der Waals surface area contributed by atoms with Gasteiger partial charge in [-0.2, -0.15) is 0 Å². The number of anilines is 3. The minimum Gasteiger partial charge on any atom is -0.455 e. The van der Waals surface area contributed by atoms with E-state index in [2.05, 4.69) is 183 Å². The van der Waals surface area contributed by atoms with E-state index in [0.29, 0.717) is 0 Å². The van der Waals surface area contributed by atoms with Crippen LogP contribution in [0.25, 0.3) is 65.7 Å². The van der Waals surface area contributed by atoms with Gasteiger partial charge in [0.25, 0.3) is 0 Å². The minimum atomic E-state index is -0.0870. The Morgan fingerprint density at radius 3 is 1.90 bits per heavy atom. The van der Waals surface area contributed by atoms with Gasteiger partial charge >= 0.3 is 0 Å². The van der Waals surface area contributed by atoms with Crippen LogP contribution in [-0.4, -0.2) is 0 Å². The van der Waals surface area contributed by atoms with Gasteiger partial charge in [-0.05, 0) is 68.9 Å². The molecule has 0 radical (unpaired) electrons. The van der Waals surface area contributed by atoms with Crippen LogP contribution in [0.2, 0.25) is 0 Å². The van der Waals surface area contributed by atoms with Crippen molar-refractivity contribution in [2.45, 2.75) is 19.3 Å². The summed E-state index contributed by atoms with van der Waals surface area (Å²) in [6.45, 7) is 4.70. The molecule has 2 nitrogen and oxygen atoms in total. The molecule has 1 heterocycles. The fourth-order valence-corrected chi connectivity index (χ4v) is 8.39. The van der Waals surface area contributed by atoms with E-state index < -0.39 is 0 Å². The number of para-hydroxylation sites is 1. The van der Waals surface area contributed by atoms with E-state index >= 15 is 0 Å². The molecule has 0 aliphatic heterocycles. The predicted octanol–water partition coefficient (Wildman–Crippen LogP) is 13.3. The fourth-order valence-electron chi connectivity index (χ4n) is 8.39. The van der Waals surface area contributed by atoms with Crippen molar-refractivity contribution < 1.29 is 4.42 Å². The zero-order chi connectivity index (χ0) is 32.7. The molecule has 0 N–H and O–H groups in total. The number of benzene rings is 8. The van der Waals surface area contributed by atoms with Crippen molar-refractivity contribution in [2.75, 3.05) is 4.90 Å². The van der Waals surface area contributed by atoms with Gasteiger partial charge in [0.15, 0.2) is 0 Å². The molecule has 1 aromatic heterocycles. The first-order chi connectivity index (χ1) is 24.1. The lowest BCUT2D eigenvalue weighted by atomic mass is 9.82. The van der Waals surface area contributed by atoms with Crippen molar-refractivity contribution in [3.63, 3.8) is 0 Å². The number of nitrogens with zero attached hydrogens (tertiary/aromatic N) is 1. The highest BCUT2D eigenvalue weighted by molar-refractivity contribution is 6.20. The van der Waals surface area contributed by atoms with Crippen molar-refractivity contribution in [3.05, 3.63) is 175 Å². The highest BCUT2D eigenvalue weighted by atomic mass is 16.3. The summed E-state index contributed by atoms with van der Waals surface area (Å²) in [5, 5.41) is 6.92. The Morgan fingerprint density at radius 2 is 1.02 bits per heavy atom. The lowest BCUT2D eigenvalue weighted by Gasteiger charge is -2.30. The Morgan fingerprint density at radius 1 is 0.429 bits per heavy atom. The molecule has 49 heavy (non-hydrogen) atoms. The molecule has 2 heteroatoms. The maximum absolute atomic E-state index is 6.73.